The number of Topliss-reactive ketones (excluding diaryl/α,β-unsaturated/α-hetero) is 1. The molecule has 0 spiro atoms. The highest BCUT2D eigenvalue weighted by atomic mass is 16.5. The van der Waals surface area contributed by atoms with Crippen LogP contribution in [0.4, 0.5) is 0 Å². The van der Waals surface area contributed by atoms with Crippen molar-refractivity contribution in [1.29, 1.82) is 0 Å². The van der Waals surface area contributed by atoms with Gasteiger partial charge in [-0.2, -0.15) is 0 Å². The summed E-state index contributed by atoms with van der Waals surface area (Å²) < 4.78 is 19.2. The van der Waals surface area contributed by atoms with Crippen LogP contribution in [0, 0.1) is 13.8 Å². The van der Waals surface area contributed by atoms with Gasteiger partial charge in [0.25, 0.3) is 0 Å². The average molecular weight is 430 g/mol. The van der Waals surface area contributed by atoms with Crippen LogP contribution in [0.2, 0.25) is 0 Å². The van der Waals surface area contributed by atoms with Crippen LogP contribution in [-0.2, 0) is 11.4 Å². The van der Waals surface area contributed by atoms with E-state index in [9.17, 15) is 4.79 Å². The SMILES string of the molecule is CC(=O)C1=C(C)Oc2ncn3nc(COc4cccc(C)c4C)nc3c2[C@H]1c1ccco1. The third-order valence-corrected chi connectivity index (χ3v) is 5.76. The van der Waals surface area contributed by atoms with Crippen molar-refractivity contribution in [1.82, 2.24) is 19.6 Å². The van der Waals surface area contributed by atoms with E-state index in [0.717, 1.165) is 16.9 Å². The third-order valence-electron chi connectivity index (χ3n) is 5.76. The Hall–Kier alpha value is -3.94. The van der Waals surface area contributed by atoms with Gasteiger partial charge in [-0.05, 0) is 57.0 Å². The summed E-state index contributed by atoms with van der Waals surface area (Å²) in [5.74, 6) is 2.20. The molecule has 0 amide bonds. The second-order valence-electron chi connectivity index (χ2n) is 7.82. The summed E-state index contributed by atoms with van der Waals surface area (Å²) in [7, 11) is 0. The van der Waals surface area contributed by atoms with E-state index in [1.54, 1.807) is 30.1 Å². The average Bonchev–Trinajstić information content (AvgIpc) is 3.43. The van der Waals surface area contributed by atoms with Gasteiger partial charge in [-0.3, -0.25) is 4.79 Å². The fourth-order valence-corrected chi connectivity index (χ4v) is 4.06. The summed E-state index contributed by atoms with van der Waals surface area (Å²) in [6.45, 7) is 7.53. The Balaban J connectivity index is 1.58. The van der Waals surface area contributed by atoms with Crippen LogP contribution < -0.4 is 9.47 Å². The Morgan fingerprint density at radius 1 is 1.19 bits per heavy atom. The molecule has 3 aromatic heterocycles. The molecule has 8 nitrogen and oxygen atoms in total. The normalized spacial score (nSPS) is 15.6. The second-order valence-corrected chi connectivity index (χ2v) is 7.82. The number of aromatic nitrogens is 4. The Bertz CT molecular complexity index is 1370. The van der Waals surface area contributed by atoms with E-state index in [1.165, 1.54) is 6.92 Å². The van der Waals surface area contributed by atoms with E-state index in [1.807, 2.05) is 38.1 Å². The Morgan fingerprint density at radius 2 is 2.03 bits per heavy atom. The quantitative estimate of drug-likeness (QED) is 0.466. The van der Waals surface area contributed by atoms with Gasteiger partial charge in [0.1, 0.15) is 30.2 Å². The smallest absolute Gasteiger partial charge is 0.228 e. The molecule has 1 aliphatic rings. The molecule has 0 aliphatic carbocycles. The molecule has 0 fully saturated rings. The standard InChI is InChI=1S/C24H22N4O4/c1-13-7-5-8-17(14(13)2)31-11-19-26-23-22-21(18-9-6-10-30-18)20(15(3)29)16(4)32-24(22)25-12-28(23)27-19/h5-10,12,21H,11H2,1-4H3/t21-/m0/s1. The minimum absolute atomic E-state index is 0.102. The number of allylic oxidation sites excluding steroid dienone is 2. The molecule has 4 heterocycles. The van der Waals surface area contributed by atoms with Gasteiger partial charge in [-0.1, -0.05) is 12.1 Å². The zero-order valence-corrected chi connectivity index (χ0v) is 18.2. The first-order valence-electron chi connectivity index (χ1n) is 10.3. The van der Waals surface area contributed by atoms with Gasteiger partial charge in [-0.25, -0.2) is 14.5 Å². The van der Waals surface area contributed by atoms with Crippen molar-refractivity contribution >= 4 is 11.4 Å². The number of nitrogens with zero attached hydrogens (tertiary/aromatic N) is 4. The fraction of sp³-hybridized carbons (Fsp3) is 0.250. The highest BCUT2D eigenvalue weighted by Crippen LogP contribution is 2.44. The number of benzene rings is 1. The summed E-state index contributed by atoms with van der Waals surface area (Å²) in [6, 6.07) is 9.55. The summed E-state index contributed by atoms with van der Waals surface area (Å²) in [4.78, 5) is 21.6. The molecular formula is C24H22N4O4. The number of carbonyl (C=O) groups is 1. The summed E-state index contributed by atoms with van der Waals surface area (Å²) in [5.41, 5.74) is 3.93. The molecule has 0 saturated heterocycles. The van der Waals surface area contributed by atoms with E-state index < -0.39 is 5.92 Å². The number of hydrogen-bond acceptors (Lipinski definition) is 7. The van der Waals surface area contributed by atoms with Crippen molar-refractivity contribution in [3.63, 3.8) is 0 Å². The first-order chi connectivity index (χ1) is 15.4. The van der Waals surface area contributed by atoms with Gasteiger partial charge in [0.05, 0.1) is 17.7 Å². The highest BCUT2D eigenvalue weighted by Gasteiger charge is 2.37. The Morgan fingerprint density at radius 3 is 2.78 bits per heavy atom. The third kappa shape index (κ3) is 3.24. The zero-order valence-electron chi connectivity index (χ0n) is 18.2. The number of ether oxygens (including phenoxy) is 2. The maximum atomic E-state index is 12.5. The lowest BCUT2D eigenvalue weighted by Gasteiger charge is -2.26. The lowest BCUT2D eigenvalue weighted by molar-refractivity contribution is -0.114. The van der Waals surface area contributed by atoms with Crippen LogP contribution in [0.1, 0.15) is 48.0 Å². The van der Waals surface area contributed by atoms with Crippen LogP contribution in [0.25, 0.3) is 5.65 Å². The summed E-state index contributed by atoms with van der Waals surface area (Å²) in [5, 5.41) is 4.52. The Kier molecular flexibility index (Phi) is 4.77. The Labute approximate surface area is 184 Å². The topological polar surface area (TPSA) is 91.8 Å². The molecule has 0 unspecified atom stereocenters. The van der Waals surface area contributed by atoms with Gasteiger partial charge in [-0.15, -0.1) is 5.10 Å². The van der Waals surface area contributed by atoms with Gasteiger partial charge < -0.3 is 13.9 Å². The predicted octanol–water partition coefficient (Wildman–Crippen LogP) is 4.30. The molecular weight excluding hydrogens is 408 g/mol. The molecule has 1 aliphatic heterocycles. The highest BCUT2D eigenvalue weighted by molar-refractivity contribution is 5.97. The van der Waals surface area contributed by atoms with E-state index in [2.05, 4.69) is 10.1 Å². The maximum absolute atomic E-state index is 12.5. The van der Waals surface area contributed by atoms with E-state index >= 15 is 0 Å². The number of hydrogen-bond donors (Lipinski definition) is 0. The number of furan rings is 1. The van der Waals surface area contributed by atoms with Crippen molar-refractivity contribution in [2.45, 2.75) is 40.2 Å². The molecule has 8 heteroatoms. The van der Waals surface area contributed by atoms with Gasteiger partial charge in [0.15, 0.2) is 17.3 Å². The van der Waals surface area contributed by atoms with Crippen LogP contribution in [0.5, 0.6) is 11.6 Å². The molecule has 32 heavy (non-hydrogen) atoms. The minimum Gasteiger partial charge on any atom is -0.485 e. The van der Waals surface area contributed by atoms with Crippen LogP contribution in [0.15, 0.2) is 58.7 Å². The first-order valence-corrected chi connectivity index (χ1v) is 10.3. The lowest BCUT2D eigenvalue weighted by atomic mass is 9.85. The van der Waals surface area contributed by atoms with Gasteiger partial charge in [0, 0.05) is 5.57 Å². The number of ketones is 1. The van der Waals surface area contributed by atoms with Crippen LogP contribution in [-0.4, -0.2) is 25.4 Å². The molecule has 1 atom stereocenters. The fourth-order valence-electron chi connectivity index (χ4n) is 4.06. The molecule has 162 valence electrons. The van der Waals surface area contributed by atoms with Crippen LogP contribution >= 0.6 is 0 Å². The van der Waals surface area contributed by atoms with Crippen molar-refractivity contribution in [2.75, 3.05) is 0 Å². The van der Waals surface area contributed by atoms with E-state index in [0.29, 0.717) is 40.0 Å². The zero-order chi connectivity index (χ0) is 22.4. The molecule has 1 aromatic carbocycles. The molecule has 0 N–H and O–H groups in total. The van der Waals surface area contributed by atoms with E-state index in [-0.39, 0.29) is 12.4 Å². The minimum atomic E-state index is -0.487. The maximum Gasteiger partial charge on any atom is 0.228 e. The number of fused-ring (bicyclic) bond motifs is 3. The second kappa shape index (κ2) is 7.64. The molecule has 5 rings (SSSR count). The van der Waals surface area contributed by atoms with E-state index in [4.69, 9.17) is 18.9 Å². The predicted molar refractivity (Wildman–Crippen MR) is 116 cm³/mol. The molecule has 0 saturated carbocycles. The monoisotopic (exact) mass is 430 g/mol. The van der Waals surface area contributed by atoms with Crippen molar-refractivity contribution in [3.05, 3.63) is 82.5 Å². The summed E-state index contributed by atoms with van der Waals surface area (Å²) >= 11 is 0. The first kappa shape index (κ1) is 20.0. The molecule has 0 bridgehead atoms. The van der Waals surface area contributed by atoms with Gasteiger partial charge >= 0.3 is 0 Å². The number of aryl methyl sites for hydroxylation is 1. The molecule has 4 aromatic rings. The number of rotatable bonds is 5. The van der Waals surface area contributed by atoms with Crippen molar-refractivity contribution in [3.8, 4) is 11.6 Å². The molecule has 0 radical (unpaired) electrons. The largest absolute Gasteiger partial charge is 0.485 e. The number of carbonyl (C=O) groups excluding carboxylic acids is 1. The summed E-state index contributed by atoms with van der Waals surface area (Å²) in [6.07, 6.45) is 3.13. The van der Waals surface area contributed by atoms with Gasteiger partial charge in [0.2, 0.25) is 5.88 Å². The lowest BCUT2D eigenvalue weighted by Crippen LogP contribution is -2.21. The van der Waals surface area contributed by atoms with Crippen LogP contribution in [0.3, 0.4) is 0 Å². The van der Waals surface area contributed by atoms with Crippen molar-refractivity contribution < 1.29 is 18.7 Å². The van der Waals surface area contributed by atoms with Crippen molar-refractivity contribution in [2.24, 2.45) is 0 Å².